The van der Waals surface area contributed by atoms with E-state index in [0.717, 1.165) is 43.1 Å². The van der Waals surface area contributed by atoms with Crippen molar-refractivity contribution in [3.05, 3.63) is 59.7 Å². The minimum Gasteiger partial charge on any atom is -0.352 e. The summed E-state index contributed by atoms with van der Waals surface area (Å²) in [7, 11) is 0. The standard InChI is InChI=1S/C25H33N3O3/c1-2-5-19-7-9-20(10-8-19)21-11-13-22(14-12-21)25(31)27-17-15-24(30)28-23(18-29)6-3-4-16-26/h7-14,18,23H,2-6,15-17,26H2,1H3,(H,27,31)(H,28,30). The van der Waals surface area contributed by atoms with E-state index in [1.165, 1.54) is 5.56 Å². The summed E-state index contributed by atoms with van der Waals surface area (Å²) in [6.07, 6.45) is 5.24. The number of aryl methyl sites for hydroxylation is 1. The Bertz CT molecular complexity index is 832. The van der Waals surface area contributed by atoms with E-state index >= 15 is 0 Å². The zero-order chi connectivity index (χ0) is 22.5. The van der Waals surface area contributed by atoms with Gasteiger partial charge < -0.3 is 21.2 Å². The molecule has 0 aliphatic carbocycles. The average Bonchev–Trinajstić information content (AvgIpc) is 2.79. The maximum absolute atomic E-state index is 12.3. The third kappa shape index (κ3) is 8.34. The minimum atomic E-state index is -0.502. The van der Waals surface area contributed by atoms with Crippen molar-refractivity contribution in [2.45, 2.75) is 51.5 Å². The van der Waals surface area contributed by atoms with E-state index in [1.54, 1.807) is 12.1 Å². The van der Waals surface area contributed by atoms with Crippen LogP contribution in [-0.2, 0) is 16.0 Å². The Labute approximate surface area is 184 Å². The first-order chi connectivity index (χ1) is 15.1. The molecule has 0 aliphatic rings. The molecule has 0 bridgehead atoms. The van der Waals surface area contributed by atoms with Gasteiger partial charge in [0.25, 0.3) is 5.91 Å². The maximum atomic E-state index is 12.3. The molecule has 1 atom stereocenters. The maximum Gasteiger partial charge on any atom is 0.251 e. The normalized spacial score (nSPS) is 11.5. The summed E-state index contributed by atoms with van der Waals surface area (Å²) in [6, 6.07) is 15.4. The molecule has 0 heterocycles. The Morgan fingerprint density at radius 3 is 2.23 bits per heavy atom. The van der Waals surface area contributed by atoms with E-state index in [4.69, 9.17) is 5.73 Å². The van der Waals surface area contributed by atoms with Crippen LogP contribution in [0.1, 0.15) is 54.9 Å². The van der Waals surface area contributed by atoms with E-state index in [9.17, 15) is 14.4 Å². The molecule has 4 N–H and O–H groups in total. The Hall–Kier alpha value is -2.99. The molecule has 2 aromatic rings. The summed E-state index contributed by atoms with van der Waals surface area (Å²) in [6.45, 7) is 2.94. The smallest absolute Gasteiger partial charge is 0.251 e. The van der Waals surface area contributed by atoms with Crippen LogP contribution in [0.3, 0.4) is 0 Å². The van der Waals surface area contributed by atoms with Gasteiger partial charge in [0.05, 0.1) is 6.04 Å². The Balaban J connectivity index is 1.79. The Kier molecular flexibility index (Phi) is 10.4. The van der Waals surface area contributed by atoms with E-state index in [1.807, 2.05) is 12.1 Å². The zero-order valence-corrected chi connectivity index (χ0v) is 18.2. The van der Waals surface area contributed by atoms with Crippen LogP contribution < -0.4 is 16.4 Å². The molecular weight excluding hydrogens is 390 g/mol. The topological polar surface area (TPSA) is 101 Å². The largest absolute Gasteiger partial charge is 0.352 e. The number of carbonyl (C=O) groups is 3. The van der Waals surface area contributed by atoms with Gasteiger partial charge >= 0.3 is 0 Å². The quantitative estimate of drug-likeness (QED) is 0.340. The van der Waals surface area contributed by atoms with Gasteiger partial charge in [-0.1, -0.05) is 49.7 Å². The van der Waals surface area contributed by atoms with Crippen LogP contribution in [0.5, 0.6) is 0 Å². The van der Waals surface area contributed by atoms with E-state index < -0.39 is 6.04 Å². The highest BCUT2D eigenvalue weighted by atomic mass is 16.2. The number of hydrogen-bond donors (Lipinski definition) is 3. The van der Waals surface area contributed by atoms with Gasteiger partial charge in [-0.15, -0.1) is 0 Å². The zero-order valence-electron chi connectivity index (χ0n) is 18.2. The number of benzene rings is 2. The summed E-state index contributed by atoms with van der Waals surface area (Å²) < 4.78 is 0. The summed E-state index contributed by atoms with van der Waals surface area (Å²) in [5.41, 5.74) is 9.46. The highest BCUT2D eigenvalue weighted by Gasteiger charge is 2.12. The van der Waals surface area contributed by atoms with Gasteiger partial charge in [0.15, 0.2) is 0 Å². The van der Waals surface area contributed by atoms with Crippen molar-refractivity contribution in [1.29, 1.82) is 0 Å². The van der Waals surface area contributed by atoms with E-state index in [-0.39, 0.29) is 24.8 Å². The molecule has 6 nitrogen and oxygen atoms in total. The number of aldehydes is 1. The lowest BCUT2D eigenvalue weighted by atomic mass is 10.0. The first-order valence-corrected chi connectivity index (χ1v) is 11.0. The number of rotatable bonds is 13. The second kappa shape index (κ2) is 13.3. The molecule has 2 amide bonds. The van der Waals surface area contributed by atoms with Crippen LogP contribution in [0.25, 0.3) is 11.1 Å². The third-order valence-corrected chi connectivity index (χ3v) is 5.09. The van der Waals surface area contributed by atoms with Crippen LogP contribution in [0.15, 0.2) is 48.5 Å². The molecule has 0 fully saturated rings. The summed E-state index contributed by atoms with van der Waals surface area (Å²) in [4.78, 5) is 35.4. The number of hydrogen-bond acceptors (Lipinski definition) is 4. The van der Waals surface area contributed by atoms with Crippen LogP contribution >= 0.6 is 0 Å². The molecule has 0 aliphatic heterocycles. The SMILES string of the molecule is CCCc1ccc(-c2ccc(C(=O)NCCC(=O)NC(C=O)CCCCN)cc2)cc1. The molecular formula is C25H33N3O3. The fraction of sp³-hybridized carbons (Fsp3) is 0.400. The second-order valence-electron chi connectivity index (χ2n) is 7.62. The van der Waals surface area contributed by atoms with Crippen molar-refractivity contribution in [3.8, 4) is 11.1 Å². The van der Waals surface area contributed by atoms with E-state index in [0.29, 0.717) is 18.5 Å². The van der Waals surface area contributed by atoms with Gasteiger partial charge in [-0.25, -0.2) is 0 Å². The molecule has 166 valence electrons. The lowest BCUT2D eigenvalue weighted by Gasteiger charge is -2.12. The second-order valence-corrected chi connectivity index (χ2v) is 7.62. The highest BCUT2D eigenvalue weighted by Crippen LogP contribution is 2.21. The van der Waals surface area contributed by atoms with Crippen LogP contribution in [-0.4, -0.2) is 37.2 Å². The van der Waals surface area contributed by atoms with Crippen molar-refractivity contribution in [2.24, 2.45) is 5.73 Å². The van der Waals surface area contributed by atoms with Gasteiger partial charge in [0.2, 0.25) is 5.91 Å². The summed E-state index contributed by atoms with van der Waals surface area (Å²) in [5.74, 6) is -0.487. The fourth-order valence-electron chi connectivity index (χ4n) is 3.32. The molecule has 0 radical (unpaired) electrons. The molecule has 31 heavy (non-hydrogen) atoms. The monoisotopic (exact) mass is 423 g/mol. The van der Waals surface area contributed by atoms with Crippen molar-refractivity contribution >= 4 is 18.1 Å². The van der Waals surface area contributed by atoms with E-state index in [2.05, 4.69) is 41.8 Å². The van der Waals surface area contributed by atoms with Gasteiger partial charge in [-0.3, -0.25) is 9.59 Å². The van der Waals surface area contributed by atoms with Gasteiger partial charge in [0, 0.05) is 18.5 Å². The van der Waals surface area contributed by atoms with Crippen LogP contribution in [0, 0.1) is 0 Å². The Morgan fingerprint density at radius 2 is 1.65 bits per heavy atom. The number of carbonyl (C=O) groups excluding carboxylic acids is 3. The van der Waals surface area contributed by atoms with Gasteiger partial charge in [-0.05, 0) is 61.1 Å². The molecule has 0 saturated heterocycles. The number of amides is 2. The first-order valence-electron chi connectivity index (χ1n) is 11.0. The van der Waals surface area contributed by atoms with Crippen LogP contribution in [0.4, 0.5) is 0 Å². The molecule has 0 aromatic heterocycles. The van der Waals surface area contributed by atoms with Crippen molar-refractivity contribution in [1.82, 2.24) is 10.6 Å². The molecule has 1 unspecified atom stereocenters. The highest BCUT2D eigenvalue weighted by molar-refractivity contribution is 5.95. The Morgan fingerprint density at radius 1 is 1.00 bits per heavy atom. The third-order valence-electron chi connectivity index (χ3n) is 5.09. The summed E-state index contributed by atoms with van der Waals surface area (Å²) in [5, 5.41) is 5.43. The molecule has 6 heteroatoms. The minimum absolute atomic E-state index is 0.120. The molecule has 2 rings (SSSR count). The number of nitrogens with two attached hydrogens (primary N) is 1. The molecule has 2 aromatic carbocycles. The number of nitrogens with one attached hydrogen (secondary N) is 2. The van der Waals surface area contributed by atoms with Crippen molar-refractivity contribution in [3.63, 3.8) is 0 Å². The predicted molar refractivity (Wildman–Crippen MR) is 124 cm³/mol. The molecule has 0 spiro atoms. The van der Waals surface area contributed by atoms with Crippen molar-refractivity contribution < 1.29 is 14.4 Å². The first kappa shape index (κ1) is 24.3. The average molecular weight is 424 g/mol. The fourth-order valence-corrected chi connectivity index (χ4v) is 3.32. The van der Waals surface area contributed by atoms with Crippen LogP contribution in [0.2, 0.25) is 0 Å². The van der Waals surface area contributed by atoms with Crippen molar-refractivity contribution in [2.75, 3.05) is 13.1 Å². The van der Waals surface area contributed by atoms with Gasteiger partial charge in [0.1, 0.15) is 6.29 Å². The summed E-state index contributed by atoms with van der Waals surface area (Å²) >= 11 is 0. The lowest BCUT2D eigenvalue weighted by Crippen LogP contribution is -2.38. The van der Waals surface area contributed by atoms with Gasteiger partial charge in [-0.2, -0.15) is 0 Å². The number of unbranched alkanes of at least 4 members (excludes halogenated alkanes) is 1. The molecule has 0 saturated carbocycles. The predicted octanol–water partition coefficient (Wildman–Crippen LogP) is 3.24. The lowest BCUT2D eigenvalue weighted by molar-refractivity contribution is -0.124.